The van der Waals surface area contributed by atoms with Crippen LogP contribution in [-0.4, -0.2) is 34.2 Å². The first kappa shape index (κ1) is 11.8. The van der Waals surface area contributed by atoms with Gasteiger partial charge in [0, 0.05) is 6.07 Å². The van der Waals surface area contributed by atoms with Gasteiger partial charge in [-0.2, -0.15) is 0 Å². The molecule has 0 saturated heterocycles. The van der Waals surface area contributed by atoms with Gasteiger partial charge in [-0.15, -0.1) is 0 Å². The number of ketones is 1. The third-order valence-corrected chi connectivity index (χ3v) is 1.82. The van der Waals surface area contributed by atoms with Crippen molar-refractivity contribution in [2.24, 2.45) is 0 Å². The molecule has 0 radical (unpaired) electrons. The van der Waals surface area contributed by atoms with Crippen molar-refractivity contribution in [1.29, 1.82) is 0 Å². The predicted molar refractivity (Wildman–Crippen MR) is 48.2 cm³/mol. The van der Waals surface area contributed by atoms with Crippen LogP contribution in [0, 0.1) is 5.82 Å². The van der Waals surface area contributed by atoms with E-state index in [-0.39, 0.29) is 0 Å². The molecule has 1 aromatic carbocycles. The first-order valence-electron chi connectivity index (χ1n) is 3.96. The molecule has 0 atom stereocenters. The van der Waals surface area contributed by atoms with Crippen LogP contribution in [0.15, 0.2) is 6.07 Å². The van der Waals surface area contributed by atoms with Gasteiger partial charge < -0.3 is 20.1 Å². The van der Waals surface area contributed by atoms with Crippen LogP contribution in [0.1, 0.15) is 10.4 Å². The van der Waals surface area contributed by atoms with Crippen LogP contribution in [0.4, 0.5) is 4.39 Å². The number of benzene rings is 1. The van der Waals surface area contributed by atoms with E-state index < -0.39 is 40.4 Å². The highest BCUT2D eigenvalue weighted by Gasteiger charge is 2.28. The number of phenols is 2. The minimum absolute atomic E-state index is 0.542. The number of carbonyl (C=O) groups is 2. The average molecular weight is 230 g/mol. The third-order valence-electron chi connectivity index (χ3n) is 1.82. The molecular weight excluding hydrogens is 223 g/mol. The maximum Gasteiger partial charge on any atom is 0.377 e. The number of carbonyl (C=O) groups excluding carboxylic acids is 1. The topological polar surface area (TPSA) is 104 Å². The SMILES string of the molecule is COc1cc(O)c(O)c(C(=O)C(=O)O)c1F. The number of hydrogen-bond acceptors (Lipinski definition) is 5. The summed E-state index contributed by atoms with van der Waals surface area (Å²) in [6.45, 7) is 0. The molecule has 16 heavy (non-hydrogen) atoms. The highest BCUT2D eigenvalue weighted by Crippen LogP contribution is 2.37. The molecule has 86 valence electrons. The Balaban J connectivity index is 3.53. The van der Waals surface area contributed by atoms with Gasteiger partial charge in [0.15, 0.2) is 23.1 Å². The molecule has 7 heteroatoms. The number of hydrogen-bond donors (Lipinski definition) is 3. The summed E-state index contributed by atoms with van der Waals surface area (Å²) in [6, 6.07) is 0.725. The van der Waals surface area contributed by atoms with Crippen molar-refractivity contribution >= 4 is 11.8 Å². The second kappa shape index (κ2) is 4.05. The lowest BCUT2D eigenvalue weighted by Crippen LogP contribution is -2.15. The number of phenolic OH excluding ortho intramolecular Hbond substituents is 2. The smallest absolute Gasteiger partial charge is 0.377 e. The van der Waals surface area contributed by atoms with E-state index in [1.54, 1.807) is 0 Å². The Kier molecular flexibility index (Phi) is 2.98. The van der Waals surface area contributed by atoms with Gasteiger partial charge in [-0.1, -0.05) is 0 Å². The summed E-state index contributed by atoms with van der Waals surface area (Å²) < 4.78 is 17.9. The molecule has 3 N–H and O–H groups in total. The molecule has 6 nitrogen and oxygen atoms in total. The minimum Gasteiger partial charge on any atom is -0.504 e. The number of ether oxygens (including phenoxy) is 1. The van der Waals surface area contributed by atoms with E-state index in [0.717, 1.165) is 13.2 Å². The fourth-order valence-corrected chi connectivity index (χ4v) is 1.07. The molecule has 0 aliphatic rings. The lowest BCUT2D eigenvalue weighted by Gasteiger charge is -2.08. The van der Waals surface area contributed by atoms with Crippen LogP contribution in [0.3, 0.4) is 0 Å². The lowest BCUT2D eigenvalue weighted by atomic mass is 10.1. The molecule has 0 bridgehead atoms. The van der Waals surface area contributed by atoms with Gasteiger partial charge in [-0.3, -0.25) is 4.79 Å². The van der Waals surface area contributed by atoms with E-state index in [2.05, 4.69) is 4.74 Å². The van der Waals surface area contributed by atoms with Crippen LogP contribution in [0.5, 0.6) is 17.2 Å². The normalized spacial score (nSPS) is 9.88. The molecule has 0 aromatic heterocycles. The summed E-state index contributed by atoms with van der Waals surface area (Å²) in [5.41, 5.74) is -1.13. The van der Waals surface area contributed by atoms with E-state index >= 15 is 0 Å². The maximum atomic E-state index is 13.4. The molecule has 0 aliphatic carbocycles. The Bertz CT molecular complexity index is 468. The first-order valence-corrected chi connectivity index (χ1v) is 3.96. The van der Waals surface area contributed by atoms with Crippen LogP contribution in [0.2, 0.25) is 0 Å². The number of carboxylic acids is 1. The van der Waals surface area contributed by atoms with Crippen LogP contribution < -0.4 is 4.74 Å². The van der Waals surface area contributed by atoms with E-state index in [1.807, 2.05) is 0 Å². The molecule has 1 aromatic rings. The summed E-state index contributed by atoms with van der Waals surface area (Å²) in [5.74, 6) is -7.50. The van der Waals surface area contributed by atoms with Crippen molar-refractivity contribution in [2.45, 2.75) is 0 Å². The summed E-state index contributed by atoms with van der Waals surface area (Å²) in [6.07, 6.45) is 0. The summed E-state index contributed by atoms with van der Waals surface area (Å²) in [4.78, 5) is 21.4. The van der Waals surface area contributed by atoms with E-state index in [1.165, 1.54) is 0 Å². The van der Waals surface area contributed by atoms with Crippen molar-refractivity contribution in [3.8, 4) is 17.2 Å². The Morgan fingerprint density at radius 3 is 2.38 bits per heavy atom. The highest BCUT2D eigenvalue weighted by atomic mass is 19.1. The quantitative estimate of drug-likeness (QED) is 0.397. The number of carboxylic acid groups (broad SMARTS) is 1. The second-order valence-corrected chi connectivity index (χ2v) is 2.77. The molecule has 0 saturated carbocycles. The molecule has 0 heterocycles. The van der Waals surface area contributed by atoms with E-state index in [4.69, 9.17) is 10.2 Å². The van der Waals surface area contributed by atoms with Crippen molar-refractivity contribution in [3.63, 3.8) is 0 Å². The first-order chi connectivity index (χ1) is 7.40. The molecule has 0 aliphatic heterocycles. The lowest BCUT2D eigenvalue weighted by molar-refractivity contribution is -0.131. The number of halogens is 1. The van der Waals surface area contributed by atoms with Gasteiger partial charge >= 0.3 is 5.97 Å². The van der Waals surface area contributed by atoms with Crippen LogP contribution in [-0.2, 0) is 4.79 Å². The highest BCUT2D eigenvalue weighted by molar-refractivity contribution is 6.40. The van der Waals surface area contributed by atoms with Crippen molar-refractivity contribution in [3.05, 3.63) is 17.4 Å². The molecular formula is C9H7FO6. The molecule has 0 spiro atoms. The number of aromatic hydroxyl groups is 2. The van der Waals surface area contributed by atoms with E-state index in [9.17, 15) is 19.1 Å². The largest absolute Gasteiger partial charge is 0.504 e. The van der Waals surface area contributed by atoms with Crippen LogP contribution in [0.25, 0.3) is 0 Å². The van der Waals surface area contributed by atoms with Gasteiger partial charge in [0.25, 0.3) is 5.78 Å². The van der Waals surface area contributed by atoms with Gasteiger partial charge in [0.1, 0.15) is 5.56 Å². The number of aliphatic carboxylic acids is 1. The van der Waals surface area contributed by atoms with Crippen LogP contribution >= 0.6 is 0 Å². The van der Waals surface area contributed by atoms with E-state index in [0.29, 0.717) is 0 Å². The Hall–Kier alpha value is -2.31. The number of rotatable bonds is 3. The zero-order valence-corrected chi connectivity index (χ0v) is 8.02. The van der Waals surface area contributed by atoms with Gasteiger partial charge in [0.05, 0.1) is 7.11 Å². The second-order valence-electron chi connectivity index (χ2n) is 2.77. The number of methoxy groups -OCH3 is 1. The van der Waals surface area contributed by atoms with Crippen molar-refractivity contribution < 1.29 is 34.0 Å². The summed E-state index contributed by atoms with van der Waals surface area (Å²) >= 11 is 0. The molecule has 0 fully saturated rings. The Morgan fingerprint density at radius 2 is 1.94 bits per heavy atom. The maximum absolute atomic E-state index is 13.4. The monoisotopic (exact) mass is 230 g/mol. The minimum atomic E-state index is -1.96. The van der Waals surface area contributed by atoms with Gasteiger partial charge in [-0.25, -0.2) is 9.18 Å². The standard InChI is InChI=1S/C9H7FO6/c1-16-4-2-3(11)7(12)5(6(4)10)8(13)9(14)15/h2,11-12H,1H3,(H,14,15). The molecule has 0 unspecified atom stereocenters. The number of Topliss-reactive ketones (excluding diaryl/α,β-unsaturated/α-hetero) is 1. The van der Waals surface area contributed by atoms with Crippen molar-refractivity contribution in [1.82, 2.24) is 0 Å². The zero-order chi connectivity index (χ0) is 12.5. The zero-order valence-electron chi connectivity index (χ0n) is 8.02. The van der Waals surface area contributed by atoms with Crippen molar-refractivity contribution in [2.75, 3.05) is 7.11 Å². The molecule has 0 amide bonds. The predicted octanol–water partition coefficient (Wildman–Crippen LogP) is 0.513. The Morgan fingerprint density at radius 1 is 1.38 bits per heavy atom. The fraction of sp³-hybridized carbons (Fsp3) is 0.111. The third kappa shape index (κ3) is 1.74. The summed E-state index contributed by atoms with van der Waals surface area (Å²) in [7, 11) is 1.06. The molecule has 1 rings (SSSR count). The van der Waals surface area contributed by atoms with Gasteiger partial charge in [-0.05, 0) is 0 Å². The summed E-state index contributed by atoms with van der Waals surface area (Å²) in [5, 5.41) is 26.7. The van der Waals surface area contributed by atoms with Gasteiger partial charge in [0.2, 0.25) is 0 Å². The Labute approximate surface area is 88.5 Å². The average Bonchev–Trinajstić information content (AvgIpc) is 2.23. The fourth-order valence-electron chi connectivity index (χ4n) is 1.07.